The summed E-state index contributed by atoms with van der Waals surface area (Å²) >= 11 is 0. The largest absolute Gasteiger partial charge is 0.212 e. The fourth-order valence-electron chi connectivity index (χ4n) is 2.75. The van der Waals surface area contributed by atoms with Gasteiger partial charge < -0.3 is 0 Å². The van der Waals surface area contributed by atoms with Gasteiger partial charge in [-0.05, 0) is 30.0 Å². The zero-order chi connectivity index (χ0) is 16.7. The molecule has 1 heterocycles. The number of nitrogens with zero attached hydrogens (tertiary/aromatic N) is 1. The van der Waals surface area contributed by atoms with Gasteiger partial charge in [0.15, 0.2) is 6.20 Å². The highest BCUT2D eigenvalue weighted by Crippen LogP contribution is 2.24. The first-order chi connectivity index (χ1) is 10.00. The Labute approximate surface area is 137 Å². The second-order valence-electron chi connectivity index (χ2n) is 8.44. The van der Waals surface area contributed by atoms with Crippen molar-refractivity contribution in [3.8, 4) is 11.3 Å². The van der Waals surface area contributed by atoms with Crippen LogP contribution in [0.4, 0.5) is 0 Å². The molecule has 1 nitrogen and oxygen atoms in total. The van der Waals surface area contributed by atoms with Gasteiger partial charge in [0.05, 0.1) is 8.07 Å². The lowest BCUT2D eigenvalue weighted by Gasteiger charge is -2.19. The standard InChI is InChI=1S/C20H30NSi/c1-15-13-17(22(6,7)8)10-11-18(15)19-12-9-16(14-21(19)5)20(2,3)4/h9-14H,1-8H3/q+1. The number of pyridine rings is 1. The molecule has 0 aliphatic heterocycles. The fourth-order valence-corrected chi connectivity index (χ4v) is 3.98. The minimum atomic E-state index is -1.24. The Morgan fingerprint density at radius 2 is 1.59 bits per heavy atom. The topological polar surface area (TPSA) is 3.88 Å². The van der Waals surface area contributed by atoms with E-state index in [0.717, 1.165) is 0 Å². The Kier molecular flexibility index (Phi) is 4.36. The highest BCUT2D eigenvalue weighted by atomic mass is 28.3. The molecule has 0 bridgehead atoms. The summed E-state index contributed by atoms with van der Waals surface area (Å²) in [5.41, 5.74) is 5.55. The van der Waals surface area contributed by atoms with E-state index in [1.165, 1.54) is 27.6 Å². The van der Waals surface area contributed by atoms with Gasteiger partial charge in [0, 0.05) is 17.2 Å². The van der Waals surface area contributed by atoms with Crippen LogP contribution in [-0.4, -0.2) is 8.07 Å². The molecule has 0 atom stereocenters. The first kappa shape index (κ1) is 16.9. The van der Waals surface area contributed by atoms with E-state index in [1.807, 2.05) is 0 Å². The van der Waals surface area contributed by atoms with Gasteiger partial charge in [0.25, 0.3) is 0 Å². The summed E-state index contributed by atoms with van der Waals surface area (Å²) in [6.07, 6.45) is 2.27. The zero-order valence-electron chi connectivity index (χ0n) is 15.4. The maximum Gasteiger partial charge on any atom is 0.212 e. The minimum Gasteiger partial charge on any atom is -0.201 e. The van der Waals surface area contributed by atoms with Crippen LogP contribution in [0.3, 0.4) is 0 Å². The number of hydrogen-bond donors (Lipinski definition) is 0. The van der Waals surface area contributed by atoms with Crippen LogP contribution in [0.2, 0.25) is 19.6 Å². The lowest BCUT2D eigenvalue weighted by Crippen LogP contribution is -2.38. The van der Waals surface area contributed by atoms with Crippen LogP contribution in [-0.2, 0) is 12.5 Å². The van der Waals surface area contributed by atoms with Crippen molar-refractivity contribution >= 4 is 13.3 Å². The van der Waals surface area contributed by atoms with Crippen LogP contribution in [0.1, 0.15) is 31.9 Å². The molecular weight excluding hydrogens is 282 g/mol. The van der Waals surface area contributed by atoms with Gasteiger partial charge in [-0.1, -0.05) is 57.7 Å². The van der Waals surface area contributed by atoms with Gasteiger partial charge in [-0.2, -0.15) is 0 Å². The van der Waals surface area contributed by atoms with E-state index >= 15 is 0 Å². The van der Waals surface area contributed by atoms with Crippen molar-refractivity contribution in [1.29, 1.82) is 0 Å². The van der Waals surface area contributed by atoms with Crippen molar-refractivity contribution in [3.05, 3.63) is 47.7 Å². The summed E-state index contributed by atoms with van der Waals surface area (Å²) in [5.74, 6) is 0. The lowest BCUT2D eigenvalue weighted by atomic mass is 9.88. The summed E-state index contributed by atoms with van der Waals surface area (Å²) in [4.78, 5) is 0. The molecule has 1 aromatic carbocycles. The number of hydrogen-bond acceptors (Lipinski definition) is 0. The van der Waals surface area contributed by atoms with Gasteiger partial charge in [-0.25, -0.2) is 4.57 Å². The third-order valence-corrected chi connectivity index (χ3v) is 6.41. The molecule has 1 aromatic heterocycles. The monoisotopic (exact) mass is 312 g/mol. The molecule has 2 heteroatoms. The van der Waals surface area contributed by atoms with Crippen LogP contribution < -0.4 is 9.75 Å². The molecule has 0 amide bonds. The molecule has 0 saturated carbocycles. The average Bonchev–Trinajstić information content (AvgIpc) is 2.37. The van der Waals surface area contributed by atoms with Gasteiger partial charge in [0.1, 0.15) is 7.05 Å². The smallest absolute Gasteiger partial charge is 0.201 e. The summed E-state index contributed by atoms with van der Waals surface area (Å²) in [6.45, 7) is 16.2. The Bertz CT molecular complexity index is 626. The van der Waals surface area contributed by atoms with Gasteiger partial charge in [-0.3, -0.25) is 0 Å². The van der Waals surface area contributed by atoms with E-state index in [4.69, 9.17) is 0 Å². The van der Waals surface area contributed by atoms with Crippen molar-refractivity contribution < 1.29 is 4.57 Å². The van der Waals surface area contributed by atoms with E-state index < -0.39 is 8.07 Å². The molecule has 0 saturated heterocycles. The molecule has 0 aliphatic rings. The SMILES string of the molecule is Cc1cc([Si](C)(C)C)ccc1-c1ccc(C(C)(C)C)c[n+]1C. The first-order valence-electron chi connectivity index (χ1n) is 8.12. The van der Waals surface area contributed by atoms with Gasteiger partial charge in [0.2, 0.25) is 5.69 Å². The molecule has 2 aromatic rings. The third-order valence-electron chi connectivity index (χ3n) is 4.37. The summed E-state index contributed by atoms with van der Waals surface area (Å²) in [5, 5.41) is 1.53. The Morgan fingerprint density at radius 3 is 2.05 bits per heavy atom. The van der Waals surface area contributed by atoms with E-state index in [2.05, 4.69) is 95.5 Å². The average molecular weight is 313 g/mol. The molecule has 0 radical (unpaired) electrons. The summed E-state index contributed by atoms with van der Waals surface area (Å²) < 4.78 is 2.26. The van der Waals surface area contributed by atoms with Crippen LogP contribution in [0.15, 0.2) is 36.5 Å². The Morgan fingerprint density at radius 1 is 0.955 bits per heavy atom. The molecule has 0 fully saturated rings. The quantitative estimate of drug-likeness (QED) is 0.574. The van der Waals surface area contributed by atoms with Crippen LogP contribution in [0, 0.1) is 6.92 Å². The van der Waals surface area contributed by atoms with Crippen LogP contribution in [0.25, 0.3) is 11.3 Å². The van der Waals surface area contributed by atoms with E-state index in [1.54, 1.807) is 0 Å². The second-order valence-corrected chi connectivity index (χ2v) is 13.5. The maximum absolute atomic E-state index is 2.40. The molecule has 0 unspecified atom stereocenters. The molecule has 118 valence electrons. The zero-order valence-corrected chi connectivity index (χ0v) is 16.4. The van der Waals surface area contributed by atoms with E-state index in [0.29, 0.717) is 0 Å². The molecular formula is C20H30NSi+. The third kappa shape index (κ3) is 3.49. The molecule has 22 heavy (non-hydrogen) atoms. The van der Waals surface area contributed by atoms with Crippen molar-refractivity contribution in [3.63, 3.8) is 0 Å². The van der Waals surface area contributed by atoms with Crippen molar-refractivity contribution in [2.24, 2.45) is 7.05 Å². The van der Waals surface area contributed by atoms with Crippen molar-refractivity contribution in [1.82, 2.24) is 0 Å². The number of rotatable bonds is 2. The highest BCUT2D eigenvalue weighted by Gasteiger charge is 2.21. The minimum absolute atomic E-state index is 0.188. The molecule has 0 aliphatic carbocycles. The molecule has 0 N–H and O–H groups in total. The van der Waals surface area contributed by atoms with Crippen LogP contribution in [0.5, 0.6) is 0 Å². The number of aromatic nitrogens is 1. The highest BCUT2D eigenvalue weighted by molar-refractivity contribution is 6.88. The first-order valence-corrected chi connectivity index (χ1v) is 11.6. The predicted octanol–water partition coefficient (Wildman–Crippen LogP) is 4.33. The fraction of sp³-hybridized carbons (Fsp3) is 0.450. The Hall–Kier alpha value is -1.41. The molecule has 0 spiro atoms. The Balaban J connectivity index is 2.49. The normalized spacial score (nSPS) is 12.5. The summed E-state index contributed by atoms with van der Waals surface area (Å²) in [7, 11) is 0.906. The number of aryl methyl sites for hydroxylation is 2. The van der Waals surface area contributed by atoms with E-state index in [-0.39, 0.29) is 5.41 Å². The maximum atomic E-state index is 2.40. The summed E-state index contributed by atoms with van der Waals surface area (Å²) in [6, 6.07) is 11.5. The van der Waals surface area contributed by atoms with Gasteiger partial charge >= 0.3 is 0 Å². The predicted molar refractivity (Wildman–Crippen MR) is 99.5 cm³/mol. The van der Waals surface area contributed by atoms with Gasteiger partial charge in [-0.15, -0.1) is 0 Å². The number of benzene rings is 1. The second kappa shape index (κ2) is 5.66. The lowest BCUT2D eigenvalue weighted by molar-refractivity contribution is -0.661. The van der Waals surface area contributed by atoms with Crippen molar-refractivity contribution in [2.75, 3.05) is 0 Å². The molecule has 2 rings (SSSR count). The van der Waals surface area contributed by atoms with Crippen molar-refractivity contribution in [2.45, 2.75) is 52.8 Å². The van der Waals surface area contributed by atoms with E-state index in [9.17, 15) is 0 Å². The van der Waals surface area contributed by atoms with Crippen LogP contribution >= 0.6 is 0 Å².